The molecule has 93 heavy (non-hydrogen) atoms. The minimum absolute atomic E-state index is 0.361. The predicted molar refractivity (Wildman–Crippen MR) is 390 cm³/mol. The average molecular weight is 1190 g/mol. The first-order chi connectivity index (χ1) is 46.0. The fourth-order valence-electron chi connectivity index (χ4n) is 23.0. The molecule has 0 amide bonds. The number of benzene rings is 14. The van der Waals surface area contributed by atoms with Gasteiger partial charge in [0.15, 0.2) is 0 Å². The van der Waals surface area contributed by atoms with E-state index in [4.69, 9.17) is 0 Å². The van der Waals surface area contributed by atoms with Crippen LogP contribution in [0.4, 0.5) is 0 Å². The molecule has 14 aromatic rings. The van der Waals surface area contributed by atoms with Crippen LogP contribution < -0.4 is 0 Å². The molecule has 0 heterocycles. The van der Waals surface area contributed by atoms with Gasteiger partial charge in [-0.1, -0.05) is 269 Å². The van der Waals surface area contributed by atoms with Gasteiger partial charge < -0.3 is 0 Å². The summed E-state index contributed by atoms with van der Waals surface area (Å²) >= 11 is 0. The highest BCUT2D eigenvalue weighted by Gasteiger charge is 2.50. The van der Waals surface area contributed by atoms with Gasteiger partial charge in [0.05, 0.1) is 0 Å². The van der Waals surface area contributed by atoms with Crippen molar-refractivity contribution in [1.29, 1.82) is 0 Å². The second-order valence-electron chi connectivity index (χ2n) is 30.0. The molecule has 0 aliphatic heterocycles. The normalized spacial score (nSPS) is 26.3. The molecule has 0 fully saturated rings. The van der Waals surface area contributed by atoms with Crippen molar-refractivity contribution in [2.75, 3.05) is 0 Å². The maximum atomic E-state index is 2.58. The molecule has 0 heteroatoms. The van der Waals surface area contributed by atoms with Crippen LogP contribution in [0.5, 0.6) is 0 Å². The predicted octanol–water partition coefficient (Wildman–Crippen LogP) is 25.0. The summed E-state index contributed by atoms with van der Waals surface area (Å²) in [5, 5.41) is 20.6. The lowest BCUT2D eigenvalue weighted by atomic mass is 9.68. The van der Waals surface area contributed by atoms with E-state index >= 15 is 0 Å². The summed E-state index contributed by atoms with van der Waals surface area (Å²) in [7, 11) is 0. The minimum Gasteiger partial charge on any atom is -0.0648 e. The molecular weight excluding hydrogens is 1120 g/mol. The number of hydrogen-bond acceptors (Lipinski definition) is 0. The first kappa shape index (κ1) is 53.4. The van der Waals surface area contributed by atoms with Gasteiger partial charge in [0, 0.05) is 0 Å². The molecule has 7 aliphatic carbocycles. The van der Waals surface area contributed by atoms with E-state index < -0.39 is 0 Å². The Morgan fingerprint density at radius 3 is 0.505 bits per heavy atom. The summed E-state index contributed by atoms with van der Waals surface area (Å²) < 4.78 is 0. The van der Waals surface area contributed by atoms with Crippen molar-refractivity contribution >= 4 is 75.4 Å². The molecule has 14 unspecified atom stereocenters. The van der Waals surface area contributed by atoms with E-state index in [0.717, 1.165) is 38.5 Å². The zero-order chi connectivity index (χ0) is 60.9. The van der Waals surface area contributed by atoms with E-state index in [-0.39, 0.29) is 0 Å². The van der Waals surface area contributed by atoms with Crippen molar-refractivity contribution in [3.05, 3.63) is 333 Å². The second-order valence-corrected chi connectivity index (χ2v) is 30.0. The van der Waals surface area contributed by atoms with Crippen molar-refractivity contribution in [2.45, 2.75) is 142 Å². The Balaban J connectivity index is 0.678. The third-order valence-electron chi connectivity index (χ3n) is 26.5. The molecule has 0 saturated carbocycles. The van der Waals surface area contributed by atoms with Crippen LogP contribution in [0.15, 0.2) is 255 Å². The Bertz CT molecular complexity index is 5450. The zero-order valence-electron chi connectivity index (χ0n) is 53.3. The van der Waals surface area contributed by atoms with Gasteiger partial charge in [-0.15, -0.1) is 0 Å². The molecule has 0 N–H and O–H groups in total. The fourth-order valence-corrected chi connectivity index (χ4v) is 23.0. The maximum absolute atomic E-state index is 2.58. The molecule has 7 aliphatic rings. The molecule has 448 valence electrons. The Hall–Kier alpha value is -9.10. The zero-order valence-corrected chi connectivity index (χ0v) is 53.3. The van der Waals surface area contributed by atoms with Crippen LogP contribution in [-0.4, -0.2) is 0 Å². The first-order valence-corrected chi connectivity index (χ1v) is 35.6. The fraction of sp³-hybridized carbons (Fsp3) is 0.247. The van der Waals surface area contributed by atoms with Gasteiger partial charge in [0.25, 0.3) is 0 Å². The molecule has 0 radical (unpaired) electrons. The van der Waals surface area contributed by atoms with E-state index in [9.17, 15) is 0 Å². The highest BCUT2D eigenvalue weighted by molar-refractivity contribution is 5.99. The largest absolute Gasteiger partial charge is 0.0648 e. The summed E-state index contributed by atoms with van der Waals surface area (Å²) in [5.74, 6) is 5.80. The van der Waals surface area contributed by atoms with Crippen molar-refractivity contribution in [1.82, 2.24) is 0 Å². The van der Waals surface area contributed by atoms with E-state index in [1.165, 1.54) is 60.3 Å². The molecule has 0 nitrogen and oxygen atoms in total. The Kier molecular flexibility index (Phi) is 11.6. The molecule has 0 bridgehead atoms. The quantitative estimate of drug-likeness (QED) is 0.108. The summed E-state index contributed by atoms with van der Waals surface area (Å²) in [6, 6.07) is 102. The number of rotatable bonds is 13. The molecule has 0 saturated heterocycles. The van der Waals surface area contributed by atoms with Gasteiger partial charge in [0.1, 0.15) is 0 Å². The van der Waals surface area contributed by atoms with Crippen LogP contribution >= 0.6 is 0 Å². The van der Waals surface area contributed by atoms with E-state index in [2.05, 4.69) is 269 Å². The molecule has 14 atom stereocenters. The highest BCUT2D eigenvalue weighted by atomic mass is 14.5. The van der Waals surface area contributed by atoms with Gasteiger partial charge in [-0.2, -0.15) is 0 Å². The van der Waals surface area contributed by atoms with Crippen LogP contribution in [-0.2, 0) is 0 Å². The first-order valence-electron chi connectivity index (χ1n) is 35.6. The van der Waals surface area contributed by atoms with Crippen molar-refractivity contribution in [3.63, 3.8) is 0 Å². The average Bonchev–Trinajstić information content (AvgIpc) is 1.58. The SMILES string of the molecule is CCC1c2cccc3cccc(c23)C1CC1c2cccc3cccc(c23)C1CC1c2cccc3cccc(c23)C1CC1c2cccc3cccc(c23)C1CC1c2cccc3cccc(c23)C1CC1c2cccc3cccc(c23)C1CC1c2cccc3cccc(c23)C1C. The van der Waals surface area contributed by atoms with E-state index in [1.807, 2.05) is 0 Å². The van der Waals surface area contributed by atoms with Gasteiger partial charge in [-0.3, -0.25) is 0 Å². The van der Waals surface area contributed by atoms with Gasteiger partial charge >= 0.3 is 0 Å². The monoisotopic (exact) mass is 1190 g/mol. The van der Waals surface area contributed by atoms with Crippen LogP contribution in [0, 0.1) is 0 Å². The molecule has 0 aromatic heterocycles. The Morgan fingerprint density at radius 2 is 0.312 bits per heavy atom. The summed E-state index contributed by atoms with van der Waals surface area (Å²) in [6.45, 7) is 4.99. The lowest BCUT2D eigenvalue weighted by Crippen LogP contribution is -2.20. The highest BCUT2D eigenvalue weighted by Crippen LogP contribution is 2.67. The summed E-state index contributed by atoms with van der Waals surface area (Å²) in [4.78, 5) is 0. The van der Waals surface area contributed by atoms with Crippen LogP contribution in [0.2, 0.25) is 0 Å². The third-order valence-corrected chi connectivity index (χ3v) is 26.5. The standard InChI is InChI=1S/C93H76/c1-3-60-62-33-5-20-54-21-7-35-64(88(54)62)76(60)47-78-66-37-9-24-56-25-11-39-68(90(56)66)80(78)49-82-70-41-13-28-58-29-15-43-72(92(58)70)84(82)51-86-74-45-17-31-59-30-16-44-73(93(59)74)85(86)50-83-71-42-14-27-57-26-12-40-69(91(57)71)81(83)48-79-67-38-10-23-55-22-8-36-65(89(55)67)77(79)46-75-52(2)61-32-4-18-53-19-6-34-63(75)87(53)61/h4-45,52,60,75-86H,3,46-51H2,1-2H3. The molecule has 0 spiro atoms. The summed E-state index contributed by atoms with van der Waals surface area (Å²) in [5.41, 5.74) is 22.2. The minimum atomic E-state index is 0.361. The lowest BCUT2D eigenvalue weighted by molar-refractivity contribution is 0.342. The van der Waals surface area contributed by atoms with Crippen molar-refractivity contribution in [3.8, 4) is 0 Å². The topological polar surface area (TPSA) is 0 Å². The second kappa shape index (κ2) is 20.2. The van der Waals surface area contributed by atoms with Gasteiger partial charge in [0.2, 0.25) is 0 Å². The summed E-state index contributed by atoms with van der Waals surface area (Å²) in [6.07, 6.45) is 8.05. The van der Waals surface area contributed by atoms with Gasteiger partial charge in [-0.25, -0.2) is 0 Å². The maximum Gasteiger partial charge on any atom is -0.00804 e. The molecular formula is C93H76. The van der Waals surface area contributed by atoms with Crippen LogP contribution in [0.1, 0.15) is 220 Å². The molecule has 14 aromatic carbocycles. The lowest BCUT2D eigenvalue weighted by Gasteiger charge is -2.35. The number of hydrogen-bond donors (Lipinski definition) is 0. The third kappa shape index (κ3) is 7.50. The van der Waals surface area contributed by atoms with E-state index in [0.29, 0.717) is 82.9 Å². The molecule has 21 rings (SSSR count). The van der Waals surface area contributed by atoms with Crippen LogP contribution in [0.25, 0.3) is 75.4 Å². The Labute approximate surface area is 546 Å². The van der Waals surface area contributed by atoms with E-state index in [1.54, 1.807) is 99.4 Å². The smallest absolute Gasteiger partial charge is 0.00804 e. The van der Waals surface area contributed by atoms with Gasteiger partial charge in [-0.05, 0) is 281 Å². The van der Waals surface area contributed by atoms with Crippen molar-refractivity contribution in [2.24, 2.45) is 0 Å². The van der Waals surface area contributed by atoms with Crippen molar-refractivity contribution < 1.29 is 0 Å². The Morgan fingerprint density at radius 1 is 0.172 bits per heavy atom. The van der Waals surface area contributed by atoms with Crippen LogP contribution in [0.3, 0.4) is 0 Å².